The van der Waals surface area contributed by atoms with Gasteiger partial charge in [-0.3, -0.25) is 14.4 Å². The number of hydrogen-bond acceptors (Lipinski definition) is 12. The molecule has 2 aromatic carbocycles. The van der Waals surface area contributed by atoms with E-state index in [2.05, 4.69) is 0 Å². The SMILES string of the molecule is COc1cc2c(c3oc4c(F)cccc4c(=O)c13)[C@@H](OC(=O)[C@@]13CCC(C)(C(=O)O1)C3(C)C)[C@@H](OC(=O)[C@@]13CCC(C)(C(=O)O1)C3(C)C)C(C)(C)O2. The first-order valence-electron chi connectivity index (χ1n) is 17.5. The van der Waals surface area contributed by atoms with Crippen molar-refractivity contribution < 1.29 is 56.4 Å². The fourth-order valence-corrected chi connectivity index (χ4v) is 9.50. The van der Waals surface area contributed by atoms with Crippen LogP contribution in [0.5, 0.6) is 11.5 Å². The first kappa shape index (κ1) is 34.4. The molecule has 2 saturated carbocycles. The van der Waals surface area contributed by atoms with E-state index < -0.39 is 85.8 Å². The van der Waals surface area contributed by atoms with Gasteiger partial charge in [0.25, 0.3) is 0 Å². The third-order valence-electron chi connectivity index (χ3n) is 14.0. The number of methoxy groups -OCH3 is 1. The fourth-order valence-electron chi connectivity index (χ4n) is 9.50. The molecule has 12 nitrogen and oxygen atoms in total. The summed E-state index contributed by atoms with van der Waals surface area (Å²) in [7, 11) is 1.35. The van der Waals surface area contributed by atoms with E-state index in [-0.39, 0.29) is 51.8 Å². The van der Waals surface area contributed by atoms with Crippen LogP contribution in [-0.4, -0.2) is 53.9 Å². The Morgan fingerprint density at radius 3 is 1.83 bits per heavy atom. The highest BCUT2D eigenvalue weighted by Gasteiger charge is 2.78. The number of carbonyl (C=O) groups is 4. The summed E-state index contributed by atoms with van der Waals surface area (Å²) in [4.78, 5) is 69.6. The summed E-state index contributed by atoms with van der Waals surface area (Å²) in [5.74, 6) is -3.55. The number of halogens is 1. The maximum absolute atomic E-state index is 15.3. The summed E-state index contributed by atoms with van der Waals surface area (Å²) in [5.41, 5.74) is -9.96. The molecule has 4 bridgehead atoms. The van der Waals surface area contributed by atoms with E-state index in [1.165, 1.54) is 25.3 Å². The van der Waals surface area contributed by atoms with Crippen molar-refractivity contribution in [3.05, 3.63) is 45.9 Å². The quantitative estimate of drug-likeness (QED) is 0.172. The monoisotopic (exact) mass is 720 g/mol. The van der Waals surface area contributed by atoms with E-state index in [1.54, 1.807) is 55.4 Å². The van der Waals surface area contributed by atoms with Gasteiger partial charge in [-0.05, 0) is 65.5 Å². The Bertz CT molecular complexity index is 2240. The van der Waals surface area contributed by atoms with Crippen molar-refractivity contribution in [3.63, 3.8) is 0 Å². The van der Waals surface area contributed by atoms with Gasteiger partial charge in [-0.15, -0.1) is 0 Å². The molecule has 5 aliphatic rings. The minimum atomic E-state index is -1.70. The Morgan fingerprint density at radius 2 is 1.33 bits per heavy atom. The first-order valence-corrected chi connectivity index (χ1v) is 17.5. The van der Waals surface area contributed by atoms with Crippen LogP contribution in [0.2, 0.25) is 0 Å². The van der Waals surface area contributed by atoms with Crippen LogP contribution >= 0.6 is 0 Å². The third kappa shape index (κ3) is 3.74. The van der Waals surface area contributed by atoms with E-state index >= 15 is 4.39 Å². The molecule has 2 saturated heterocycles. The Hall–Kier alpha value is -4.68. The van der Waals surface area contributed by atoms with Gasteiger partial charge >= 0.3 is 23.9 Å². The molecular formula is C39H41FO12. The average Bonchev–Trinajstić information content (AvgIpc) is 3.54. The molecule has 0 radical (unpaired) electrons. The van der Waals surface area contributed by atoms with Crippen LogP contribution in [0.15, 0.2) is 33.5 Å². The highest BCUT2D eigenvalue weighted by Crippen LogP contribution is 2.68. The molecule has 8 rings (SSSR count). The van der Waals surface area contributed by atoms with Crippen LogP contribution in [0.1, 0.15) is 92.7 Å². The fraction of sp³-hybridized carbons (Fsp3) is 0.564. The molecule has 1 aromatic heterocycles. The molecule has 6 atom stereocenters. The number of ether oxygens (including phenoxy) is 6. The van der Waals surface area contributed by atoms with Crippen molar-refractivity contribution in [2.24, 2.45) is 21.7 Å². The van der Waals surface area contributed by atoms with Gasteiger partial charge in [0, 0.05) is 16.9 Å². The molecule has 0 spiro atoms. The molecule has 3 aliphatic heterocycles. The average molecular weight is 721 g/mol. The highest BCUT2D eigenvalue weighted by molar-refractivity contribution is 5.98. The number of esters is 4. The predicted octanol–water partition coefficient (Wildman–Crippen LogP) is 6.00. The van der Waals surface area contributed by atoms with Crippen LogP contribution in [0.3, 0.4) is 0 Å². The second-order valence-electron chi connectivity index (χ2n) is 16.9. The number of fused-ring (bicyclic) bond motifs is 8. The predicted molar refractivity (Wildman–Crippen MR) is 180 cm³/mol. The van der Waals surface area contributed by atoms with Gasteiger partial charge in [0.05, 0.1) is 28.9 Å². The lowest BCUT2D eigenvalue weighted by molar-refractivity contribution is -0.217. The molecule has 2 unspecified atom stereocenters. The number of rotatable bonds is 5. The van der Waals surface area contributed by atoms with Crippen LogP contribution in [0.25, 0.3) is 21.9 Å². The smallest absolute Gasteiger partial charge is 0.351 e. The number of para-hydroxylation sites is 1. The van der Waals surface area contributed by atoms with Gasteiger partial charge in [-0.2, -0.15) is 0 Å². The minimum absolute atomic E-state index is 0.0285. The van der Waals surface area contributed by atoms with Crippen molar-refractivity contribution in [3.8, 4) is 11.5 Å². The Balaban J connectivity index is 1.34. The van der Waals surface area contributed by atoms with Gasteiger partial charge in [-0.1, -0.05) is 33.8 Å². The van der Waals surface area contributed by atoms with Gasteiger partial charge in [0.15, 0.2) is 29.2 Å². The summed E-state index contributed by atoms with van der Waals surface area (Å²) < 4.78 is 58.0. The Kier molecular flexibility index (Phi) is 6.65. The van der Waals surface area contributed by atoms with E-state index in [0.717, 1.165) is 6.07 Å². The van der Waals surface area contributed by atoms with Crippen molar-refractivity contribution in [2.45, 2.75) is 110 Å². The van der Waals surface area contributed by atoms with Gasteiger partial charge in [0.1, 0.15) is 22.5 Å². The van der Waals surface area contributed by atoms with Crippen molar-refractivity contribution in [1.29, 1.82) is 0 Å². The van der Waals surface area contributed by atoms with E-state index in [4.69, 9.17) is 32.8 Å². The summed E-state index contributed by atoms with van der Waals surface area (Å²) >= 11 is 0. The lowest BCUT2D eigenvalue weighted by Crippen LogP contribution is -2.57. The van der Waals surface area contributed by atoms with Crippen LogP contribution in [-0.2, 0) is 38.1 Å². The molecule has 13 heteroatoms. The molecule has 3 aromatic rings. The molecule has 4 fully saturated rings. The summed E-state index contributed by atoms with van der Waals surface area (Å²) in [5, 5.41) is -0.152. The molecule has 4 heterocycles. The molecule has 52 heavy (non-hydrogen) atoms. The summed E-state index contributed by atoms with van der Waals surface area (Å²) in [6.07, 6.45) is -1.92. The van der Waals surface area contributed by atoms with Crippen molar-refractivity contribution in [1.82, 2.24) is 0 Å². The lowest BCUT2D eigenvalue weighted by atomic mass is 9.66. The summed E-state index contributed by atoms with van der Waals surface area (Å²) in [6.45, 7) is 13.9. The largest absolute Gasteiger partial charge is 0.496 e. The zero-order chi connectivity index (χ0) is 37.8. The van der Waals surface area contributed by atoms with Gasteiger partial charge < -0.3 is 32.8 Å². The Morgan fingerprint density at radius 1 is 0.769 bits per heavy atom. The standard InChI is InChI=1S/C39H41FO12/c1-33(2)28(49-32(45)39-16-14-37(8,30(43)52-39)35(39,5)6)27(48-31(44)38-15-13-36(7,29(42)51-38)34(38,3)4)23-21(50-33)17-20(46-9)22-24(41)18-11-10-12-19(40)25(18)47-26(22)23/h10-12,17,27-28H,13-16H2,1-9H3/t27-,28-,36?,37?,38-,39-/m1/s1. The molecule has 0 amide bonds. The van der Waals surface area contributed by atoms with Crippen molar-refractivity contribution in [2.75, 3.05) is 7.11 Å². The van der Waals surface area contributed by atoms with Crippen LogP contribution < -0.4 is 14.9 Å². The second-order valence-corrected chi connectivity index (χ2v) is 16.9. The molecule has 2 aliphatic carbocycles. The maximum atomic E-state index is 15.3. The highest BCUT2D eigenvalue weighted by atomic mass is 19.1. The minimum Gasteiger partial charge on any atom is -0.496 e. The molecule has 0 N–H and O–H groups in total. The van der Waals surface area contributed by atoms with Gasteiger partial charge in [0.2, 0.25) is 16.6 Å². The zero-order valence-corrected chi connectivity index (χ0v) is 30.6. The normalized spacial score (nSPS) is 34.4. The summed E-state index contributed by atoms with van der Waals surface area (Å²) in [6, 6.07) is 5.36. The number of hydrogen-bond donors (Lipinski definition) is 0. The van der Waals surface area contributed by atoms with Crippen LogP contribution in [0, 0.1) is 27.5 Å². The molecule has 276 valence electrons. The maximum Gasteiger partial charge on any atom is 0.351 e. The van der Waals surface area contributed by atoms with Gasteiger partial charge in [-0.25, -0.2) is 14.0 Å². The van der Waals surface area contributed by atoms with E-state index in [9.17, 15) is 24.0 Å². The second kappa shape index (κ2) is 10.0. The molecular weight excluding hydrogens is 679 g/mol. The Labute approximate surface area is 298 Å². The third-order valence-corrected chi connectivity index (χ3v) is 14.0. The van der Waals surface area contributed by atoms with Crippen molar-refractivity contribution >= 4 is 45.8 Å². The lowest BCUT2D eigenvalue weighted by Gasteiger charge is -2.46. The van der Waals surface area contributed by atoms with E-state index in [1.807, 2.05) is 0 Å². The topological polar surface area (TPSA) is 154 Å². The van der Waals surface area contributed by atoms with E-state index in [0.29, 0.717) is 12.8 Å². The zero-order valence-electron chi connectivity index (χ0n) is 30.6. The van der Waals surface area contributed by atoms with Crippen LogP contribution in [0.4, 0.5) is 4.39 Å². The number of benzene rings is 2. The first-order chi connectivity index (χ1) is 24.1. The number of carbonyl (C=O) groups excluding carboxylic acids is 4.